The zero-order valence-electron chi connectivity index (χ0n) is 12.6. The van der Waals surface area contributed by atoms with Crippen molar-refractivity contribution >= 4 is 0 Å². The van der Waals surface area contributed by atoms with E-state index in [1.165, 1.54) is 44.9 Å². The lowest BCUT2D eigenvalue weighted by Crippen LogP contribution is -2.43. The Balaban J connectivity index is 1.85. The molecule has 2 heteroatoms. The topological polar surface area (TPSA) is 18.5 Å². The molecule has 110 valence electrons. The molecule has 1 aliphatic heterocycles. The first-order valence-electron chi connectivity index (χ1n) is 8.27. The summed E-state index contributed by atoms with van der Waals surface area (Å²) in [4.78, 5) is 0. The molecule has 4 atom stereocenters. The first kappa shape index (κ1) is 15.1. The van der Waals surface area contributed by atoms with Gasteiger partial charge < -0.3 is 9.47 Å². The van der Waals surface area contributed by atoms with Gasteiger partial charge in [-0.3, -0.25) is 0 Å². The summed E-state index contributed by atoms with van der Waals surface area (Å²) in [5.41, 5.74) is 0. The van der Waals surface area contributed by atoms with Crippen LogP contribution in [0.1, 0.15) is 65.2 Å². The largest absolute Gasteiger partial charge is 0.352 e. The minimum atomic E-state index is 0.0550. The van der Waals surface area contributed by atoms with Gasteiger partial charge in [-0.2, -0.15) is 0 Å². The third-order valence-electron chi connectivity index (χ3n) is 4.62. The molecule has 4 unspecified atom stereocenters. The minimum Gasteiger partial charge on any atom is -0.352 e. The van der Waals surface area contributed by atoms with Crippen LogP contribution in [-0.2, 0) is 9.47 Å². The molecule has 0 aromatic heterocycles. The molecule has 2 rings (SSSR count). The molecule has 1 heterocycles. The molecule has 0 amide bonds. The Kier molecular flexibility index (Phi) is 6.39. The van der Waals surface area contributed by atoms with Crippen LogP contribution in [0.15, 0.2) is 12.2 Å². The summed E-state index contributed by atoms with van der Waals surface area (Å²) in [7, 11) is 0. The van der Waals surface area contributed by atoms with E-state index in [9.17, 15) is 0 Å². The van der Waals surface area contributed by atoms with E-state index < -0.39 is 0 Å². The van der Waals surface area contributed by atoms with Gasteiger partial charge in [-0.15, -0.1) is 0 Å². The Hall–Kier alpha value is -0.340. The first-order chi connectivity index (χ1) is 9.35. The second-order valence-electron chi connectivity index (χ2n) is 6.08. The lowest BCUT2D eigenvalue weighted by atomic mass is 9.90. The van der Waals surface area contributed by atoms with Crippen LogP contribution in [0.4, 0.5) is 0 Å². The van der Waals surface area contributed by atoms with Crippen molar-refractivity contribution in [3.05, 3.63) is 12.2 Å². The average molecular weight is 266 g/mol. The highest BCUT2D eigenvalue weighted by atomic mass is 16.7. The van der Waals surface area contributed by atoms with Gasteiger partial charge in [-0.1, -0.05) is 45.3 Å². The molecule has 0 aromatic rings. The van der Waals surface area contributed by atoms with Gasteiger partial charge in [0.15, 0.2) is 6.29 Å². The second-order valence-corrected chi connectivity index (χ2v) is 6.08. The smallest absolute Gasteiger partial charge is 0.161 e. The number of ether oxygens (including phenoxy) is 2. The normalized spacial score (nSPS) is 35.5. The molecule has 0 aromatic carbocycles. The zero-order chi connectivity index (χ0) is 13.5. The predicted molar refractivity (Wildman–Crippen MR) is 79.0 cm³/mol. The predicted octanol–water partition coefficient (Wildman–Crippen LogP) is 4.69. The van der Waals surface area contributed by atoms with Crippen LogP contribution in [0.3, 0.4) is 0 Å². The van der Waals surface area contributed by atoms with Crippen molar-refractivity contribution in [2.24, 2.45) is 11.8 Å². The van der Waals surface area contributed by atoms with Crippen LogP contribution in [-0.4, -0.2) is 19.0 Å². The maximum absolute atomic E-state index is 6.32. The monoisotopic (exact) mass is 266 g/mol. The fourth-order valence-electron chi connectivity index (χ4n) is 3.24. The Morgan fingerprint density at radius 3 is 2.74 bits per heavy atom. The van der Waals surface area contributed by atoms with Crippen molar-refractivity contribution in [2.75, 3.05) is 6.61 Å². The summed E-state index contributed by atoms with van der Waals surface area (Å²) in [6.07, 6.45) is 14.9. The summed E-state index contributed by atoms with van der Waals surface area (Å²) in [6, 6.07) is 0. The molecule has 0 N–H and O–H groups in total. The van der Waals surface area contributed by atoms with Crippen LogP contribution in [0.5, 0.6) is 0 Å². The van der Waals surface area contributed by atoms with Gasteiger partial charge in [0.05, 0.1) is 12.7 Å². The van der Waals surface area contributed by atoms with Crippen LogP contribution >= 0.6 is 0 Å². The molecule has 0 spiro atoms. The van der Waals surface area contributed by atoms with E-state index in [1.807, 2.05) is 0 Å². The quantitative estimate of drug-likeness (QED) is 0.513. The van der Waals surface area contributed by atoms with Crippen molar-refractivity contribution in [3.8, 4) is 0 Å². The molecular weight excluding hydrogens is 236 g/mol. The van der Waals surface area contributed by atoms with Crippen LogP contribution in [0.2, 0.25) is 0 Å². The van der Waals surface area contributed by atoms with Gasteiger partial charge in [-0.25, -0.2) is 0 Å². The molecule has 1 saturated heterocycles. The highest BCUT2D eigenvalue weighted by molar-refractivity contribution is 4.92. The van der Waals surface area contributed by atoms with E-state index in [1.54, 1.807) is 0 Å². The molecule has 0 saturated carbocycles. The summed E-state index contributed by atoms with van der Waals surface area (Å²) in [5, 5.41) is 0. The minimum absolute atomic E-state index is 0.0550. The number of rotatable bonds is 6. The van der Waals surface area contributed by atoms with E-state index in [2.05, 4.69) is 26.0 Å². The van der Waals surface area contributed by atoms with Crippen molar-refractivity contribution in [1.82, 2.24) is 0 Å². The highest BCUT2D eigenvalue weighted by Crippen LogP contribution is 2.32. The van der Waals surface area contributed by atoms with Crippen molar-refractivity contribution in [1.29, 1.82) is 0 Å². The third-order valence-corrected chi connectivity index (χ3v) is 4.62. The zero-order valence-corrected chi connectivity index (χ0v) is 12.6. The van der Waals surface area contributed by atoms with Crippen LogP contribution in [0.25, 0.3) is 0 Å². The Morgan fingerprint density at radius 1 is 1.16 bits per heavy atom. The Labute approximate surface area is 118 Å². The highest BCUT2D eigenvalue weighted by Gasteiger charge is 2.34. The van der Waals surface area contributed by atoms with Gasteiger partial charge >= 0.3 is 0 Å². The average Bonchev–Trinajstić information content (AvgIpc) is 2.48. The third kappa shape index (κ3) is 4.32. The summed E-state index contributed by atoms with van der Waals surface area (Å²) in [5.74, 6) is 1.18. The van der Waals surface area contributed by atoms with Crippen molar-refractivity contribution in [3.63, 3.8) is 0 Å². The van der Waals surface area contributed by atoms with E-state index in [-0.39, 0.29) is 6.29 Å². The van der Waals surface area contributed by atoms with E-state index in [4.69, 9.17) is 9.47 Å². The van der Waals surface area contributed by atoms with Gasteiger partial charge in [0.2, 0.25) is 0 Å². The Morgan fingerprint density at radius 2 is 2.05 bits per heavy atom. The fraction of sp³-hybridized carbons (Fsp3) is 0.882. The molecule has 2 nitrogen and oxygen atoms in total. The van der Waals surface area contributed by atoms with Crippen LogP contribution in [0, 0.1) is 11.8 Å². The maximum atomic E-state index is 6.32. The molecule has 2 aliphatic rings. The maximum Gasteiger partial charge on any atom is 0.161 e. The molecule has 19 heavy (non-hydrogen) atoms. The fourth-order valence-corrected chi connectivity index (χ4v) is 3.24. The summed E-state index contributed by atoms with van der Waals surface area (Å²) < 4.78 is 12.3. The SMILES string of the molecule is CCCCCC1OC(C2CC=CCC2)OCC1CC. The Bertz CT molecular complexity index is 274. The second kappa shape index (κ2) is 8.06. The van der Waals surface area contributed by atoms with Crippen molar-refractivity contribution < 1.29 is 9.47 Å². The molecule has 1 aliphatic carbocycles. The molecular formula is C17H30O2. The number of hydrogen-bond donors (Lipinski definition) is 0. The van der Waals surface area contributed by atoms with Gasteiger partial charge in [0.25, 0.3) is 0 Å². The number of unbranched alkanes of at least 4 members (excludes halogenated alkanes) is 2. The van der Waals surface area contributed by atoms with Crippen molar-refractivity contribution in [2.45, 2.75) is 77.6 Å². The van der Waals surface area contributed by atoms with E-state index in [0.717, 1.165) is 13.0 Å². The van der Waals surface area contributed by atoms with Gasteiger partial charge in [-0.05, 0) is 32.1 Å². The van der Waals surface area contributed by atoms with E-state index in [0.29, 0.717) is 17.9 Å². The molecule has 0 radical (unpaired) electrons. The lowest BCUT2D eigenvalue weighted by Gasteiger charge is -2.40. The number of allylic oxidation sites excluding steroid dienone is 2. The van der Waals surface area contributed by atoms with E-state index >= 15 is 0 Å². The van der Waals surface area contributed by atoms with Crippen LogP contribution < -0.4 is 0 Å². The lowest BCUT2D eigenvalue weighted by molar-refractivity contribution is -0.259. The van der Waals surface area contributed by atoms with Gasteiger partial charge in [0, 0.05) is 11.8 Å². The summed E-state index contributed by atoms with van der Waals surface area (Å²) in [6.45, 7) is 5.42. The number of hydrogen-bond acceptors (Lipinski definition) is 2. The summed E-state index contributed by atoms with van der Waals surface area (Å²) >= 11 is 0. The molecule has 0 bridgehead atoms. The van der Waals surface area contributed by atoms with Gasteiger partial charge in [0.1, 0.15) is 0 Å². The standard InChI is InChI=1S/C17H30O2/c1-3-5-7-12-16-14(4-2)13-18-17(19-16)15-10-8-6-9-11-15/h6,8,14-17H,3-5,7,9-13H2,1-2H3. The first-order valence-corrected chi connectivity index (χ1v) is 8.27. The molecule has 1 fully saturated rings.